The van der Waals surface area contributed by atoms with Gasteiger partial charge in [0.25, 0.3) is 0 Å². The second kappa shape index (κ2) is 8.59. The monoisotopic (exact) mass is 278 g/mol. The summed E-state index contributed by atoms with van der Waals surface area (Å²) in [6.45, 7) is 6.18. The zero-order valence-corrected chi connectivity index (χ0v) is 12.6. The Labute approximate surface area is 121 Å². The Bertz CT molecular complexity index is 393. The highest BCUT2D eigenvalue weighted by molar-refractivity contribution is 5.74. The van der Waals surface area contributed by atoms with Crippen molar-refractivity contribution in [2.75, 3.05) is 6.61 Å². The summed E-state index contributed by atoms with van der Waals surface area (Å²) < 4.78 is 0. The zero-order valence-electron chi connectivity index (χ0n) is 12.6. The smallest absolute Gasteiger partial charge is 0.315 e. The molecule has 2 unspecified atom stereocenters. The van der Waals surface area contributed by atoms with Gasteiger partial charge >= 0.3 is 6.03 Å². The van der Waals surface area contributed by atoms with Gasteiger partial charge in [-0.05, 0) is 31.2 Å². The third-order valence-electron chi connectivity index (χ3n) is 3.08. The molecule has 4 nitrogen and oxygen atoms in total. The number of amides is 2. The summed E-state index contributed by atoms with van der Waals surface area (Å²) >= 11 is 0. The molecule has 0 saturated heterocycles. The third-order valence-corrected chi connectivity index (χ3v) is 3.08. The van der Waals surface area contributed by atoms with Crippen molar-refractivity contribution >= 4 is 6.03 Å². The lowest BCUT2D eigenvalue weighted by molar-refractivity contribution is 0.212. The zero-order chi connectivity index (χ0) is 15.0. The molecule has 0 heterocycles. The molecule has 0 aliphatic rings. The SMILES string of the molecule is CC(C)CC(C)NC(=O)NC(CO)Cc1ccccc1. The Hall–Kier alpha value is -1.55. The number of hydrogen-bond donors (Lipinski definition) is 3. The minimum atomic E-state index is -0.261. The van der Waals surface area contributed by atoms with E-state index in [-0.39, 0.29) is 24.7 Å². The van der Waals surface area contributed by atoms with Gasteiger partial charge in [0.1, 0.15) is 0 Å². The minimum Gasteiger partial charge on any atom is -0.394 e. The van der Waals surface area contributed by atoms with E-state index in [2.05, 4.69) is 24.5 Å². The van der Waals surface area contributed by atoms with E-state index in [4.69, 9.17) is 0 Å². The van der Waals surface area contributed by atoms with Crippen molar-refractivity contribution in [3.63, 3.8) is 0 Å². The predicted molar refractivity (Wildman–Crippen MR) is 81.6 cm³/mol. The lowest BCUT2D eigenvalue weighted by Crippen LogP contribution is -2.47. The van der Waals surface area contributed by atoms with E-state index < -0.39 is 0 Å². The molecule has 0 radical (unpaired) electrons. The Morgan fingerprint density at radius 3 is 2.35 bits per heavy atom. The molecule has 112 valence electrons. The number of aliphatic hydroxyl groups is 1. The molecule has 0 saturated carbocycles. The van der Waals surface area contributed by atoms with Crippen LogP contribution in [0.15, 0.2) is 30.3 Å². The molecule has 0 bridgehead atoms. The van der Waals surface area contributed by atoms with Crippen molar-refractivity contribution in [1.82, 2.24) is 10.6 Å². The Kier molecular flexibility index (Phi) is 7.09. The van der Waals surface area contributed by atoms with E-state index in [1.807, 2.05) is 37.3 Å². The van der Waals surface area contributed by atoms with Crippen LogP contribution < -0.4 is 10.6 Å². The van der Waals surface area contributed by atoms with Gasteiger partial charge in [0.2, 0.25) is 0 Å². The highest BCUT2D eigenvalue weighted by Crippen LogP contribution is 2.05. The highest BCUT2D eigenvalue weighted by atomic mass is 16.3. The fourth-order valence-corrected chi connectivity index (χ4v) is 2.28. The van der Waals surface area contributed by atoms with Gasteiger partial charge < -0.3 is 15.7 Å². The molecule has 0 aromatic heterocycles. The Morgan fingerprint density at radius 1 is 1.15 bits per heavy atom. The van der Waals surface area contributed by atoms with E-state index in [9.17, 15) is 9.90 Å². The van der Waals surface area contributed by atoms with Crippen LogP contribution in [0, 0.1) is 5.92 Å². The van der Waals surface area contributed by atoms with Crippen molar-refractivity contribution in [2.24, 2.45) is 5.92 Å². The number of benzene rings is 1. The maximum absolute atomic E-state index is 11.9. The largest absolute Gasteiger partial charge is 0.394 e. The van der Waals surface area contributed by atoms with Gasteiger partial charge in [0.05, 0.1) is 12.6 Å². The quantitative estimate of drug-likeness (QED) is 0.717. The minimum absolute atomic E-state index is 0.0686. The van der Waals surface area contributed by atoms with Gasteiger partial charge in [-0.15, -0.1) is 0 Å². The van der Waals surface area contributed by atoms with Gasteiger partial charge in [0.15, 0.2) is 0 Å². The second-order valence-corrected chi connectivity index (χ2v) is 5.72. The number of carbonyl (C=O) groups is 1. The first-order chi connectivity index (χ1) is 9.51. The average molecular weight is 278 g/mol. The Morgan fingerprint density at radius 2 is 1.80 bits per heavy atom. The summed E-state index contributed by atoms with van der Waals surface area (Å²) in [4.78, 5) is 11.9. The van der Waals surface area contributed by atoms with Crippen LogP contribution in [0.2, 0.25) is 0 Å². The standard InChI is InChI=1S/C16H26N2O2/c1-12(2)9-13(3)17-16(20)18-15(11-19)10-14-7-5-4-6-8-14/h4-8,12-13,15,19H,9-11H2,1-3H3,(H2,17,18,20). The molecule has 20 heavy (non-hydrogen) atoms. The molecule has 4 heteroatoms. The molecule has 0 aliphatic heterocycles. The number of hydrogen-bond acceptors (Lipinski definition) is 2. The fourth-order valence-electron chi connectivity index (χ4n) is 2.28. The molecule has 1 aromatic carbocycles. The lowest BCUT2D eigenvalue weighted by Gasteiger charge is -2.20. The average Bonchev–Trinajstić information content (AvgIpc) is 2.37. The van der Waals surface area contributed by atoms with E-state index in [1.165, 1.54) is 0 Å². The summed E-state index contributed by atoms with van der Waals surface area (Å²) in [5.41, 5.74) is 1.10. The van der Waals surface area contributed by atoms with E-state index >= 15 is 0 Å². The third kappa shape index (κ3) is 6.57. The van der Waals surface area contributed by atoms with Crippen LogP contribution in [-0.4, -0.2) is 29.8 Å². The normalized spacial score (nSPS) is 13.8. The first kappa shape index (κ1) is 16.5. The molecule has 2 amide bonds. The van der Waals surface area contributed by atoms with Crippen LogP contribution >= 0.6 is 0 Å². The molecule has 0 spiro atoms. The second-order valence-electron chi connectivity index (χ2n) is 5.72. The van der Waals surface area contributed by atoms with Crippen LogP contribution in [0.3, 0.4) is 0 Å². The number of rotatable bonds is 7. The predicted octanol–water partition coefficient (Wildman–Crippen LogP) is 2.32. The molecule has 3 N–H and O–H groups in total. The van der Waals surface area contributed by atoms with Crippen LogP contribution in [0.4, 0.5) is 4.79 Å². The van der Waals surface area contributed by atoms with Gasteiger partial charge in [-0.25, -0.2) is 4.79 Å². The van der Waals surface area contributed by atoms with Crippen molar-refractivity contribution < 1.29 is 9.90 Å². The maximum atomic E-state index is 11.9. The molecule has 2 atom stereocenters. The van der Waals surface area contributed by atoms with Gasteiger partial charge in [-0.1, -0.05) is 44.2 Å². The first-order valence-electron chi connectivity index (χ1n) is 7.23. The first-order valence-corrected chi connectivity index (χ1v) is 7.23. The number of nitrogens with one attached hydrogen (secondary N) is 2. The molecule has 0 fully saturated rings. The fraction of sp³-hybridized carbons (Fsp3) is 0.562. The summed E-state index contributed by atoms with van der Waals surface area (Å²) in [5, 5.41) is 15.1. The topological polar surface area (TPSA) is 61.4 Å². The summed E-state index contributed by atoms with van der Waals surface area (Å²) in [5.74, 6) is 0.545. The maximum Gasteiger partial charge on any atom is 0.315 e. The van der Waals surface area contributed by atoms with Crippen LogP contribution in [0.1, 0.15) is 32.8 Å². The van der Waals surface area contributed by atoms with Crippen LogP contribution in [0.25, 0.3) is 0 Å². The molecular formula is C16H26N2O2. The number of aliphatic hydroxyl groups excluding tert-OH is 1. The van der Waals surface area contributed by atoms with Crippen LogP contribution in [-0.2, 0) is 6.42 Å². The summed E-state index contributed by atoms with van der Waals surface area (Å²) in [6.07, 6.45) is 1.57. The number of carbonyl (C=O) groups excluding carboxylic acids is 1. The number of urea groups is 1. The summed E-state index contributed by atoms with van der Waals surface area (Å²) in [6, 6.07) is 9.49. The highest BCUT2D eigenvalue weighted by Gasteiger charge is 2.14. The van der Waals surface area contributed by atoms with Crippen molar-refractivity contribution in [3.8, 4) is 0 Å². The Balaban J connectivity index is 2.41. The van der Waals surface area contributed by atoms with Gasteiger partial charge in [-0.2, -0.15) is 0 Å². The van der Waals surface area contributed by atoms with Crippen molar-refractivity contribution in [3.05, 3.63) is 35.9 Å². The lowest BCUT2D eigenvalue weighted by atomic mass is 10.1. The van der Waals surface area contributed by atoms with Gasteiger partial charge in [-0.3, -0.25) is 0 Å². The summed E-state index contributed by atoms with van der Waals surface area (Å²) in [7, 11) is 0. The molecule has 0 aliphatic carbocycles. The van der Waals surface area contributed by atoms with Gasteiger partial charge in [0, 0.05) is 6.04 Å². The van der Waals surface area contributed by atoms with Crippen LogP contribution in [0.5, 0.6) is 0 Å². The molecule has 1 aromatic rings. The molecule has 1 rings (SSSR count). The van der Waals surface area contributed by atoms with E-state index in [0.717, 1.165) is 12.0 Å². The van der Waals surface area contributed by atoms with E-state index in [0.29, 0.717) is 12.3 Å². The van der Waals surface area contributed by atoms with E-state index in [1.54, 1.807) is 0 Å². The molecular weight excluding hydrogens is 252 g/mol. The van der Waals surface area contributed by atoms with Crippen molar-refractivity contribution in [1.29, 1.82) is 0 Å². The van der Waals surface area contributed by atoms with Crippen molar-refractivity contribution in [2.45, 2.75) is 45.7 Å².